The van der Waals surface area contributed by atoms with Gasteiger partial charge in [0.1, 0.15) is 22.5 Å². The molecule has 1 aromatic heterocycles. The van der Waals surface area contributed by atoms with Crippen molar-refractivity contribution in [2.75, 3.05) is 7.11 Å². The number of aromatic hydroxyl groups is 1. The van der Waals surface area contributed by atoms with E-state index >= 15 is 0 Å². The zero-order valence-electron chi connectivity index (χ0n) is 16.3. The van der Waals surface area contributed by atoms with Crippen molar-refractivity contribution >= 4 is 16.7 Å². The van der Waals surface area contributed by atoms with Crippen LogP contribution in [0.5, 0.6) is 11.5 Å². The Hall–Kier alpha value is -2.52. The van der Waals surface area contributed by atoms with Gasteiger partial charge in [-0.2, -0.15) is 9.50 Å². The third-order valence-electron chi connectivity index (χ3n) is 3.83. The van der Waals surface area contributed by atoms with Crippen LogP contribution in [0.1, 0.15) is 32.8 Å². The Morgan fingerprint density at radius 2 is 2.07 bits per heavy atom. The molecule has 8 nitrogen and oxygen atoms in total. The van der Waals surface area contributed by atoms with Gasteiger partial charge in [0.05, 0.1) is 30.2 Å². The molecule has 0 saturated carbocycles. The highest BCUT2D eigenvalue weighted by Crippen LogP contribution is 2.26. The van der Waals surface area contributed by atoms with Crippen LogP contribution < -0.4 is 10.3 Å². The Bertz CT molecular complexity index is 934. The SMILES string of the molecule is COc1ccc(/C(C[C@@H](O)Cn2ncccc2=O)=N/S(=O)C(C)(C)C)c(O)c1. The number of phenolic OH excluding ortho intramolecular Hbond substituents is 1. The van der Waals surface area contributed by atoms with Crippen LogP contribution >= 0.6 is 0 Å². The largest absolute Gasteiger partial charge is 0.507 e. The summed E-state index contributed by atoms with van der Waals surface area (Å²) in [5, 5.41) is 24.7. The van der Waals surface area contributed by atoms with Gasteiger partial charge in [-0.3, -0.25) is 4.79 Å². The summed E-state index contributed by atoms with van der Waals surface area (Å²) in [5.74, 6) is 0.351. The molecule has 0 aliphatic carbocycles. The Kier molecular flexibility index (Phi) is 7.09. The smallest absolute Gasteiger partial charge is 0.266 e. The molecule has 0 aliphatic rings. The fourth-order valence-corrected chi connectivity index (χ4v) is 2.97. The number of ether oxygens (including phenoxy) is 1. The second-order valence-electron chi connectivity index (χ2n) is 7.18. The van der Waals surface area contributed by atoms with Gasteiger partial charge < -0.3 is 14.9 Å². The van der Waals surface area contributed by atoms with Crippen LogP contribution in [0.4, 0.5) is 0 Å². The molecule has 0 saturated heterocycles. The Labute approximate surface area is 166 Å². The van der Waals surface area contributed by atoms with Crippen LogP contribution in [0.15, 0.2) is 45.7 Å². The van der Waals surface area contributed by atoms with Crippen molar-refractivity contribution in [3.05, 3.63) is 52.4 Å². The first-order chi connectivity index (χ1) is 13.1. The van der Waals surface area contributed by atoms with E-state index in [1.165, 1.54) is 31.5 Å². The summed E-state index contributed by atoms with van der Waals surface area (Å²) in [7, 11) is -0.122. The summed E-state index contributed by atoms with van der Waals surface area (Å²) in [6.07, 6.45) is 0.405. The molecule has 0 fully saturated rings. The molecule has 152 valence electrons. The number of aliphatic hydroxyl groups excluding tert-OH is 1. The summed E-state index contributed by atoms with van der Waals surface area (Å²) in [6, 6.07) is 7.51. The van der Waals surface area contributed by atoms with E-state index in [9.17, 15) is 19.2 Å². The lowest BCUT2D eigenvalue weighted by atomic mass is 10.0. The minimum absolute atomic E-state index is 0.0231. The molecule has 1 aromatic carbocycles. The first-order valence-corrected chi connectivity index (χ1v) is 9.79. The number of aromatic nitrogens is 2. The Morgan fingerprint density at radius 3 is 2.64 bits per heavy atom. The van der Waals surface area contributed by atoms with Crippen molar-refractivity contribution in [3.8, 4) is 11.5 Å². The number of nitrogens with zero attached hydrogens (tertiary/aromatic N) is 3. The lowest BCUT2D eigenvalue weighted by Gasteiger charge is -2.18. The molecule has 0 aliphatic heterocycles. The van der Waals surface area contributed by atoms with Crippen molar-refractivity contribution in [2.24, 2.45) is 4.40 Å². The maximum atomic E-state index is 12.5. The van der Waals surface area contributed by atoms with Crippen molar-refractivity contribution < 1.29 is 19.2 Å². The van der Waals surface area contributed by atoms with Crippen molar-refractivity contribution in [2.45, 2.75) is 44.6 Å². The monoisotopic (exact) mass is 407 g/mol. The van der Waals surface area contributed by atoms with Crippen LogP contribution in [0, 0.1) is 0 Å². The summed E-state index contributed by atoms with van der Waals surface area (Å²) in [6.45, 7) is 5.28. The van der Waals surface area contributed by atoms with Crippen LogP contribution in [-0.2, 0) is 17.5 Å². The molecule has 2 N–H and O–H groups in total. The number of benzene rings is 1. The highest BCUT2D eigenvalue weighted by molar-refractivity contribution is 7.85. The number of methoxy groups -OCH3 is 1. The van der Waals surface area contributed by atoms with E-state index < -0.39 is 21.8 Å². The predicted molar refractivity (Wildman–Crippen MR) is 108 cm³/mol. The van der Waals surface area contributed by atoms with E-state index in [0.717, 1.165) is 4.68 Å². The first-order valence-electron chi connectivity index (χ1n) is 8.69. The van der Waals surface area contributed by atoms with Crippen LogP contribution in [0.25, 0.3) is 0 Å². The minimum Gasteiger partial charge on any atom is -0.507 e. The summed E-state index contributed by atoms with van der Waals surface area (Å²) >= 11 is 0. The molecule has 0 bridgehead atoms. The molecule has 28 heavy (non-hydrogen) atoms. The number of hydrogen-bond donors (Lipinski definition) is 2. The quantitative estimate of drug-likeness (QED) is 0.675. The average Bonchev–Trinajstić information content (AvgIpc) is 2.62. The van der Waals surface area contributed by atoms with E-state index in [0.29, 0.717) is 11.3 Å². The maximum absolute atomic E-state index is 12.5. The molecule has 0 radical (unpaired) electrons. The molecule has 2 rings (SSSR count). The molecule has 1 unspecified atom stereocenters. The normalized spacial score (nSPS) is 14.5. The molecule has 0 spiro atoms. The lowest BCUT2D eigenvalue weighted by Crippen LogP contribution is -2.30. The molecular formula is C19H25N3O5S. The van der Waals surface area contributed by atoms with Crippen molar-refractivity contribution in [3.63, 3.8) is 0 Å². The standard InChI is InChI=1S/C19H25N3O5S/c1-19(2,3)28(26)21-16(15-8-7-14(27-4)11-17(15)24)10-13(23)12-22-18(25)6-5-9-20-22/h5-9,11,13,23-24H,10,12H2,1-4H3/b21-16+/t13-,28?/m1/s1. The molecule has 2 atom stereocenters. The zero-order chi connectivity index (χ0) is 20.9. The molecule has 0 amide bonds. The van der Waals surface area contributed by atoms with Gasteiger partial charge in [-0.1, -0.05) is 0 Å². The fourth-order valence-electron chi connectivity index (χ4n) is 2.33. The summed E-state index contributed by atoms with van der Waals surface area (Å²) in [5.41, 5.74) is 0.265. The Balaban J connectivity index is 2.36. The lowest BCUT2D eigenvalue weighted by molar-refractivity contribution is 0.154. The van der Waals surface area contributed by atoms with Gasteiger partial charge in [0.2, 0.25) is 0 Å². The highest BCUT2D eigenvalue weighted by Gasteiger charge is 2.23. The van der Waals surface area contributed by atoms with Crippen LogP contribution in [0.2, 0.25) is 0 Å². The second-order valence-corrected chi connectivity index (χ2v) is 9.09. The third kappa shape index (κ3) is 5.74. The highest BCUT2D eigenvalue weighted by atomic mass is 32.2. The molecule has 1 heterocycles. The summed E-state index contributed by atoms with van der Waals surface area (Å²) in [4.78, 5) is 11.8. The van der Waals surface area contributed by atoms with Crippen molar-refractivity contribution in [1.29, 1.82) is 0 Å². The van der Waals surface area contributed by atoms with Gasteiger partial charge in [-0.25, -0.2) is 8.89 Å². The van der Waals surface area contributed by atoms with E-state index in [1.807, 2.05) is 0 Å². The van der Waals surface area contributed by atoms with E-state index in [1.54, 1.807) is 32.9 Å². The zero-order valence-corrected chi connectivity index (χ0v) is 17.1. The molecule has 2 aromatic rings. The van der Waals surface area contributed by atoms with Crippen LogP contribution in [-0.4, -0.2) is 47.9 Å². The van der Waals surface area contributed by atoms with Crippen molar-refractivity contribution in [1.82, 2.24) is 9.78 Å². The third-order valence-corrected chi connectivity index (χ3v) is 5.26. The van der Waals surface area contributed by atoms with E-state index in [4.69, 9.17) is 4.74 Å². The molecular weight excluding hydrogens is 382 g/mol. The minimum atomic E-state index is -1.60. The fraction of sp³-hybridized carbons (Fsp3) is 0.421. The van der Waals surface area contributed by atoms with Gasteiger partial charge in [-0.05, 0) is 39.0 Å². The molecule has 9 heteroatoms. The van der Waals surface area contributed by atoms with Gasteiger partial charge in [0.15, 0.2) is 0 Å². The predicted octanol–water partition coefficient (Wildman–Crippen LogP) is 1.66. The van der Waals surface area contributed by atoms with E-state index in [2.05, 4.69) is 9.50 Å². The van der Waals surface area contributed by atoms with Gasteiger partial charge >= 0.3 is 0 Å². The van der Waals surface area contributed by atoms with Gasteiger partial charge in [-0.15, -0.1) is 0 Å². The van der Waals surface area contributed by atoms with Gasteiger partial charge in [0.25, 0.3) is 5.56 Å². The van der Waals surface area contributed by atoms with Gasteiger partial charge in [0, 0.05) is 30.3 Å². The first kappa shape index (κ1) is 21.8. The number of rotatable bonds is 7. The maximum Gasteiger partial charge on any atom is 0.266 e. The summed E-state index contributed by atoms with van der Waals surface area (Å²) < 4.78 is 22.4. The Morgan fingerprint density at radius 1 is 1.36 bits per heavy atom. The number of aliphatic hydroxyl groups is 1. The van der Waals surface area contributed by atoms with E-state index in [-0.39, 0.29) is 30.0 Å². The second kappa shape index (κ2) is 9.11. The number of phenols is 1. The average molecular weight is 407 g/mol. The number of hydrogen-bond acceptors (Lipinski definition) is 6. The topological polar surface area (TPSA) is 114 Å². The van der Waals surface area contributed by atoms with Crippen LogP contribution in [0.3, 0.4) is 0 Å².